The Balaban J connectivity index is 0.00000338. The molecule has 0 heterocycles. The van der Waals surface area contributed by atoms with Gasteiger partial charge in [-0.15, -0.1) is 12.4 Å². The van der Waals surface area contributed by atoms with Gasteiger partial charge in [0.25, 0.3) is 0 Å². The summed E-state index contributed by atoms with van der Waals surface area (Å²) in [4.78, 5) is 0. The molecule has 0 amide bonds. The maximum absolute atomic E-state index is 6.42. The van der Waals surface area contributed by atoms with Crippen LogP contribution in [-0.4, -0.2) is 13.7 Å². The Morgan fingerprint density at radius 1 is 1.04 bits per heavy atom. The lowest BCUT2D eigenvalue weighted by atomic mass is 10.2. The van der Waals surface area contributed by atoms with Crippen molar-refractivity contribution in [2.75, 3.05) is 13.7 Å². The van der Waals surface area contributed by atoms with E-state index in [1.165, 1.54) is 19.3 Å². The maximum Gasteiger partial charge on any atom is 0.180 e. The zero-order valence-corrected chi connectivity index (χ0v) is 17.5. The van der Waals surface area contributed by atoms with Gasteiger partial charge in [0.2, 0.25) is 0 Å². The second-order valence-electron chi connectivity index (χ2n) is 5.87. The van der Waals surface area contributed by atoms with Gasteiger partial charge < -0.3 is 14.8 Å². The van der Waals surface area contributed by atoms with Crippen molar-refractivity contribution in [1.82, 2.24) is 5.32 Å². The van der Waals surface area contributed by atoms with E-state index < -0.39 is 0 Å². The predicted molar refractivity (Wildman–Crippen MR) is 112 cm³/mol. The number of hydrogen-bond donors (Lipinski definition) is 1. The molecule has 0 saturated carbocycles. The summed E-state index contributed by atoms with van der Waals surface area (Å²) in [5.41, 5.74) is 1.98. The van der Waals surface area contributed by atoms with Crippen molar-refractivity contribution in [3.05, 3.63) is 57.6 Å². The minimum Gasteiger partial charge on any atom is -0.493 e. The molecule has 0 saturated heterocycles. The van der Waals surface area contributed by atoms with Gasteiger partial charge in [-0.25, -0.2) is 0 Å². The smallest absolute Gasteiger partial charge is 0.180 e. The molecule has 0 bridgehead atoms. The lowest BCUT2D eigenvalue weighted by Gasteiger charge is -2.15. The van der Waals surface area contributed by atoms with Crippen molar-refractivity contribution in [3.63, 3.8) is 0 Å². The van der Waals surface area contributed by atoms with Gasteiger partial charge in [-0.2, -0.15) is 0 Å². The van der Waals surface area contributed by atoms with Gasteiger partial charge in [0, 0.05) is 17.1 Å². The lowest BCUT2D eigenvalue weighted by molar-refractivity contribution is 0.284. The molecule has 2 aromatic rings. The maximum atomic E-state index is 6.42. The average molecular weight is 419 g/mol. The summed E-state index contributed by atoms with van der Waals surface area (Å²) in [5, 5.41) is 4.64. The fraction of sp³-hybridized carbons (Fsp3) is 0.400. The van der Waals surface area contributed by atoms with Crippen LogP contribution in [0.4, 0.5) is 0 Å². The van der Waals surface area contributed by atoms with Gasteiger partial charge in [0.05, 0.1) is 12.1 Å². The molecule has 0 fully saturated rings. The van der Waals surface area contributed by atoms with Crippen molar-refractivity contribution < 1.29 is 9.47 Å². The molecule has 0 unspecified atom stereocenters. The minimum atomic E-state index is 0. The first-order valence-corrected chi connectivity index (χ1v) is 9.34. The molecule has 2 rings (SSSR count). The van der Waals surface area contributed by atoms with Crippen LogP contribution < -0.4 is 14.8 Å². The van der Waals surface area contributed by atoms with Crippen molar-refractivity contribution in [2.24, 2.45) is 0 Å². The first-order chi connectivity index (χ1) is 12.2. The number of halogens is 3. The van der Waals surface area contributed by atoms with E-state index in [2.05, 4.69) is 12.2 Å². The van der Waals surface area contributed by atoms with Gasteiger partial charge in [-0.3, -0.25) is 0 Å². The number of ether oxygens (including phenoxy) is 2. The molecule has 3 nitrogen and oxygen atoms in total. The van der Waals surface area contributed by atoms with Gasteiger partial charge in [-0.1, -0.05) is 61.2 Å². The molecule has 6 heteroatoms. The Morgan fingerprint density at radius 2 is 1.81 bits per heavy atom. The molecular weight excluding hydrogens is 393 g/mol. The second kappa shape index (κ2) is 12.3. The second-order valence-corrected chi connectivity index (χ2v) is 6.69. The zero-order chi connectivity index (χ0) is 18.1. The highest BCUT2D eigenvalue weighted by atomic mass is 35.5. The molecular formula is C20H26Cl3NO2. The predicted octanol–water partition coefficient (Wildman–Crippen LogP) is 6.28. The molecule has 2 aromatic carbocycles. The summed E-state index contributed by atoms with van der Waals surface area (Å²) >= 11 is 12.6. The van der Waals surface area contributed by atoms with Crippen LogP contribution in [0.5, 0.6) is 11.5 Å². The fourth-order valence-corrected chi connectivity index (χ4v) is 2.99. The van der Waals surface area contributed by atoms with E-state index in [4.69, 9.17) is 32.7 Å². The summed E-state index contributed by atoms with van der Waals surface area (Å²) in [6, 6.07) is 11.5. The molecule has 0 radical (unpaired) electrons. The van der Waals surface area contributed by atoms with Crippen molar-refractivity contribution in [3.8, 4) is 11.5 Å². The normalized spacial score (nSPS) is 10.3. The third-order valence-corrected chi connectivity index (χ3v) is 4.55. The Morgan fingerprint density at radius 3 is 2.50 bits per heavy atom. The van der Waals surface area contributed by atoms with Crippen LogP contribution in [0.2, 0.25) is 10.0 Å². The summed E-state index contributed by atoms with van der Waals surface area (Å²) in [5.74, 6) is 1.17. The molecule has 0 aliphatic heterocycles. The van der Waals surface area contributed by atoms with Crippen molar-refractivity contribution >= 4 is 35.6 Å². The SMILES string of the molecule is CCCCCNCc1cc(Cl)c(OCc2ccccc2Cl)c(OC)c1.Cl. The summed E-state index contributed by atoms with van der Waals surface area (Å²) in [6.45, 7) is 4.29. The Kier molecular flexibility index (Phi) is 10.8. The van der Waals surface area contributed by atoms with Crippen LogP contribution in [0.25, 0.3) is 0 Å². The molecule has 26 heavy (non-hydrogen) atoms. The number of hydrogen-bond acceptors (Lipinski definition) is 3. The van der Waals surface area contributed by atoms with E-state index >= 15 is 0 Å². The summed E-state index contributed by atoms with van der Waals surface area (Å²) < 4.78 is 11.3. The first kappa shape index (κ1) is 22.9. The lowest BCUT2D eigenvalue weighted by Crippen LogP contribution is -2.14. The molecule has 0 aliphatic carbocycles. The highest BCUT2D eigenvalue weighted by molar-refractivity contribution is 6.32. The molecule has 0 aromatic heterocycles. The number of benzene rings is 2. The van der Waals surface area contributed by atoms with E-state index in [1.54, 1.807) is 7.11 Å². The number of nitrogens with one attached hydrogen (secondary N) is 1. The quantitative estimate of drug-likeness (QED) is 0.460. The van der Waals surface area contributed by atoms with Crippen LogP contribution in [0, 0.1) is 0 Å². The molecule has 144 valence electrons. The van der Waals surface area contributed by atoms with Crippen LogP contribution in [0.1, 0.15) is 37.3 Å². The largest absolute Gasteiger partial charge is 0.493 e. The third-order valence-electron chi connectivity index (χ3n) is 3.91. The van der Waals surface area contributed by atoms with E-state index in [1.807, 2.05) is 36.4 Å². The Bertz CT molecular complexity index is 680. The van der Waals surface area contributed by atoms with Crippen molar-refractivity contribution in [1.29, 1.82) is 0 Å². The first-order valence-electron chi connectivity index (χ1n) is 8.59. The van der Waals surface area contributed by atoms with Crippen LogP contribution in [-0.2, 0) is 13.2 Å². The van der Waals surface area contributed by atoms with Crippen LogP contribution in [0.3, 0.4) is 0 Å². The van der Waals surface area contributed by atoms with Crippen LogP contribution in [0.15, 0.2) is 36.4 Å². The molecule has 0 spiro atoms. The molecule has 0 atom stereocenters. The minimum absolute atomic E-state index is 0. The summed E-state index contributed by atoms with van der Waals surface area (Å²) in [6.07, 6.45) is 3.64. The Labute approximate surface area is 172 Å². The summed E-state index contributed by atoms with van der Waals surface area (Å²) in [7, 11) is 1.62. The molecule has 0 aliphatic rings. The van der Waals surface area contributed by atoms with Gasteiger partial charge in [0.15, 0.2) is 11.5 Å². The number of rotatable bonds is 10. The highest BCUT2D eigenvalue weighted by Gasteiger charge is 2.13. The Hall–Kier alpha value is -1.13. The van der Waals surface area contributed by atoms with E-state index in [9.17, 15) is 0 Å². The van der Waals surface area contributed by atoms with E-state index in [0.717, 1.165) is 24.2 Å². The van der Waals surface area contributed by atoms with Gasteiger partial charge in [0.1, 0.15) is 6.61 Å². The zero-order valence-electron chi connectivity index (χ0n) is 15.2. The monoisotopic (exact) mass is 417 g/mol. The highest BCUT2D eigenvalue weighted by Crippen LogP contribution is 2.37. The molecule has 1 N–H and O–H groups in total. The standard InChI is InChI=1S/C20H25Cl2NO2.ClH/c1-3-4-7-10-23-13-15-11-18(22)20(19(12-15)24-2)25-14-16-8-5-6-9-17(16)21;/h5-6,8-9,11-12,23H,3-4,7,10,13-14H2,1-2H3;1H. The third kappa shape index (κ3) is 6.88. The van der Waals surface area contributed by atoms with Gasteiger partial charge >= 0.3 is 0 Å². The van der Waals surface area contributed by atoms with E-state index in [-0.39, 0.29) is 12.4 Å². The van der Waals surface area contributed by atoms with Crippen molar-refractivity contribution in [2.45, 2.75) is 39.3 Å². The number of methoxy groups -OCH3 is 1. The average Bonchev–Trinajstić information content (AvgIpc) is 2.61. The topological polar surface area (TPSA) is 30.5 Å². The van der Waals surface area contributed by atoms with Gasteiger partial charge in [-0.05, 0) is 36.7 Å². The van der Waals surface area contributed by atoms with E-state index in [0.29, 0.717) is 28.2 Å². The van der Waals surface area contributed by atoms with Crippen LogP contribution >= 0.6 is 35.6 Å². The number of unbranched alkanes of at least 4 members (excludes halogenated alkanes) is 2. The fourth-order valence-electron chi connectivity index (χ4n) is 2.51.